The van der Waals surface area contributed by atoms with Gasteiger partial charge in [0.2, 0.25) is 0 Å². The van der Waals surface area contributed by atoms with Crippen molar-refractivity contribution in [2.24, 2.45) is 15.7 Å². The quantitative estimate of drug-likeness (QED) is 0.537. The van der Waals surface area contributed by atoms with Crippen LogP contribution in [0.1, 0.15) is 30.2 Å². The molecule has 152 valence electrons. The molecule has 0 unspecified atom stereocenters. The zero-order valence-electron chi connectivity index (χ0n) is 16.3. The predicted octanol–water partition coefficient (Wildman–Crippen LogP) is 3.82. The number of nitriles is 1. The molecule has 0 fully saturated rings. The van der Waals surface area contributed by atoms with Crippen LogP contribution in [0.2, 0.25) is 0 Å². The molecule has 0 radical (unpaired) electrons. The Balaban J connectivity index is 2.45. The number of aliphatic imine (C=N–C) groups is 2. The van der Waals surface area contributed by atoms with Gasteiger partial charge in [-0.15, -0.1) is 0 Å². The first-order valence-electron chi connectivity index (χ1n) is 8.82. The van der Waals surface area contributed by atoms with E-state index in [9.17, 15) is 14.0 Å². The molecular weight excluding hydrogens is 378 g/mol. The van der Waals surface area contributed by atoms with Gasteiger partial charge in [-0.1, -0.05) is 5.57 Å². The molecule has 0 aliphatic carbocycles. The van der Waals surface area contributed by atoms with E-state index in [0.717, 1.165) is 10.3 Å². The van der Waals surface area contributed by atoms with Crippen LogP contribution >= 0.6 is 0 Å². The summed E-state index contributed by atoms with van der Waals surface area (Å²) < 4.78 is 32.3. The second-order valence-corrected chi connectivity index (χ2v) is 6.24. The molecule has 0 atom stereocenters. The Morgan fingerprint density at radius 1 is 1.45 bits per heavy atom. The van der Waals surface area contributed by atoms with Gasteiger partial charge in [0, 0.05) is 6.20 Å². The molecule has 1 heterocycles. The maximum Gasteiger partial charge on any atom is 0.257 e. The van der Waals surface area contributed by atoms with E-state index in [0.29, 0.717) is 47.1 Å². The summed E-state index contributed by atoms with van der Waals surface area (Å²) in [6.07, 6.45) is 1.18. The van der Waals surface area contributed by atoms with E-state index in [4.69, 9.17) is 10.5 Å². The fourth-order valence-corrected chi connectivity index (χ4v) is 2.47. The molecule has 0 spiro atoms. The van der Waals surface area contributed by atoms with Crippen LogP contribution in [0.15, 0.2) is 46.2 Å². The van der Waals surface area contributed by atoms with Gasteiger partial charge in [0.25, 0.3) is 6.43 Å². The molecule has 0 aliphatic rings. The average Bonchev–Trinajstić information content (AvgIpc) is 3.01. The summed E-state index contributed by atoms with van der Waals surface area (Å²) in [6, 6.07) is 6.81. The van der Waals surface area contributed by atoms with Crippen molar-refractivity contribution in [3.63, 3.8) is 0 Å². The van der Waals surface area contributed by atoms with Crippen LogP contribution in [0.5, 0.6) is 11.5 Å². The number of rotatable bonds is 8. The van der Waals surface area contributed by atoms with Crippen LogP contribution in [0, 0.1) is 18.3 Å². The van der Waals surface area contributed by atoms with Gasteiger partial charge in [0.15, 0.2) is 11.6 Å². The van der Waals surface area contributed by atoms with Crippen LogP contribution in [0.3, 0.4) is 0 Å². The molecule has 0 saturated carbocycles. The Morgan fingerprint density at radius 2 is 2.21 bits per heavy atom. The fraction of sp³-hybridized carbons (Fsp3) is 0.300. The molecule has 2 aromatic rings. The minimum atomic E-state index is -2.54. The fourth-order valence-electron chi connectivity index (χ4n) is 2.47. The number of benzene rings is 1. The Morgan fingerprint density at radius 3 is 2.83 bits per heavy atom. The highest BCUT2D eigenvalue weighted by atomic mass is 19.3. The summed E-state index contributed by atoms with van der Waals surface area (Å²) in [5.41, 5.74) is 7.79. The summed E-state index contributed by atoms with van der Waals surface area (Å²) in [6.45, 7) is 7.05. The highest BCUT2D eigenvalue weighted by Gasteiger charge is 2.16. The maximum atomic E-state index is 12.6. The lowest BCUT2D eigenvalue weighted by molar-refractivity contribution is 0.121. The van der Waals surface area contributed by atoms with E-state index in [2.05, 4.69) is 21.8 Å². The first kappa shape index (κ1) is 21.9. The molecule has 1 aromatic carbocycles. The number of hydrogen-bond donors (Lipinski definition) is 1. The van der Waals surface area contributed by atoms with Gasteiger partial charge in [0.05, 0.1) is 23.4 Å². The summed E-state index contributed by atoms with van der Waals surface area (Å²) in [7, 11) is 0. The normalized spacial score (nSPS) is 12.2. The monoisotopic (exact) mass is 400 g/mol. The van der Waals surface area contributed by atoms with Gasteiger partial charge in [0.1, 0.15) is 18.0 Å². The third-order valence-corrected chi connectivity index (χ3v) is 3.89. The molecule has 2 rings (SSSR count). The smallest absolute Gasteiger partial charge is 0.257 e. The minimum absolute atomic E-state index is 0.290. The van der Waals surface area contributed by atoms with Crippen LogP contribution in [-0.4, -0.2) is 35.3 Å². The third kappa shape index (κ3) is 6.05. The van der Waals surface area contributed by atoms with Crippen LogP contribution in [0.4, 0.5) is 8.78 Å². The molecule has 1 aromatic heterocycles. The first-order valence-corrected chi connectivity index (χ1v) is 8.82. The molecule has 0 bridgehead atoms. The van der Waals surface area contributed by atoms with Crippen molar-refractivity contribution in [2.75, 3.05) is 6.54 Å². The zero-order valence-corrected chi connectivity index (χ0v) is 16.3. The van der Waals surface area contributed by atoms with E-state index >= 15 is 0 Å². The van der Waals surface area contributed by atoms with Crippen molar-refractivity contribution < 1.29 is 13.5 Å². The Hall–Kier alpha value is -3.38. The predicted molar refractivity (Wildman–Crippen MR) is 108 cm³/mol. The molecule has 0 saturated heterocycles. The number of hydrogen-bond acceptors (Lipinski definition) is 5. The largest absolute Gasteiger partial charge is 0.453 e. The van der Waals surface area contributed by atoms with Gasteiger partial charge < -0.3 is 10.5 Å². The molecule has 2 N–H and O–H groups in total. The van der Waals surface area contributed by atoms with Gasteiger partial charge >= 0.3 is 0 Å². The van der Waals surface area contributed by atoms with Crippen LogP contribution < -0.4 is 10.5 Å². The summed E-state index contributed by atoms with van der Waals surface area (Å²) in [5, 5.41) is 13.2. The summed E-state index contributed by atoms with van der Waals surface area (Å²) in [4.78, 5) is 8.30. The third-order valence-electron chi connectivity index (χ3n) is 3.89. The zero-order chi connectivity index (χ0) is 21.4. The maximum absolute atomic E-state index is 12.6. The van der Waals surface area contributed by atoms with Crippen molar-refractivity contribution in [1.82, 2.24) is 9.78 Å². The lowest BCUT2D eigenvalue weighted by atomic mass is 10.1. The Bertz CT molecular complexity index is 972. The van der Waals surface area contributed by atoms with E-state index in [1.54, 1.807) is 25.3 Å². The van der Waals surface area contributed by atoms with E-state index in [-0.39, 0.29) is 0 Å². The second kappa shape index (κ2) is 10.2. The lowest BCUT2D eigenvalue weighted by Crippen LogP contribution is -2.06. The Labute approximate surface area is 167 Å². The number of aromatic nitrogens is 2. The molecular formula is C20H22F2N6O. The van der Waals surface area contributed by atoms with E-state index in [1.165, 1.54) is 12.3 Å². The van der Waals surface area contributed by atoms with Gasteiger partial charge in [-0.2, -0.15) is 10.4 Å². The second-order valence-electron chi connectivity index (χ2n) is 6.24. The number of nitrogens with zero attached hydrogens (tertiary/aromatic N) is 5. The molecule has 29 heavy (non-hydrogen) atoms. The number of alkyl halides is 2. The number of nitrogens with two attached hydrogens (primary N) is 1. The minimum Gasteiger partial charge on any atom is -0.453 e. The van der Waals surface area contributed by atoms with Crippen molar-refractivity contribution in [3.8, 4) is 17.6 Å². The molecule has 7 nitrogen and oxygen atoms in total. The van der Waals surface area contributed by atoms with Crippen molar-refractivity contribution in [1.29, 1.82) is 5.26 Å². The SMILES string of the molecule is C=NC(=N/C=C(\C)CCN)c1ccc(C#N)cc1Oc1cn(CC(F)F)nc1C. The molecule has 0 aliphatic heterocycles. The number of aryl methyl sites for hydroxylation is 1. The highest BCUT2D eigenvalue weighted by molar-refractivity contribution is 6.04. The number of ether oxygens (including phenoxy) is 1. The van der Waals surface area contributed by atoms with Crippen LogP contribution in [-0.2, 0) is 6.54 Å². The lowest BCUT2D eigenvalue weighted by Gasteiger charge is -2.10. The van der Waals surface area contributed by atoms with E-state index < -0.39 is 13.0 Å². The molecule has 9 heteroatoms. The summed E-state index contributed by atoms with van der Waals surface area (Å²) in [5.74, 6) is 0.874. The average molecular weight is 400 g/mol. The van der Waals surface area contributed by atoms with Crippen molar-refractivity contribution >= 4 is 12.6 Å². The van der Waals surface area contributed by atoms with Crippen molar-refractivity contribution in [3.05, 3.63) is 53.0 Å². The number of amidine groups is 1. The number of halogens is 2. The Kier molecular flexibility index (Phi) is 7.74. The first-order chi connectivity index (χ1) is 13.9. The standard InChI is InChI=1S/C20H22F2N6O/c1-13(6-7-23)10-26-20(25-3)16-5-4-15(9-24)8-17(16)29-18-11-28(12-19(21)22)27-14(18)2/h4-5,8,10-11,19H,3,6-7,12,23H2,1-2H3/b13-10+,26-20?. The van der Waals surface area contributed by atoms with E-state index in [1.807, 2.05) is 13.0 Å². The van der Waals surface area contributed by atoms with Crippen LogP contribution in [0.25, 0.3) is 0 Å². The van der Waals surface area contributed by atoms with Gasteiger partial charge in [-0.3, -0.25) is 4.68 Å². The topological polar surface area (TPSA) is 102 Å². The van der Waals surface area contributed by atoms with Crippen molar-refractivity contribution in [2.45, 2.75) is 33.2 Å². The summed E-state index contributed by atoms with van der Waals surface area (Å²) >= 11 is 0. The van der Waals surface area contributed by atoms with Gasteiger partial charge in [-0.25, -0.2) is 18.8 Å². The molecule has 0 amide bonds. The van der Waals surface area contributed by atoms with Gasteiger partial charge in [-0.05, 0) is 51.7 Å². The highest BCUT2D eigenvalue weighted by Crippen LogP contribution is 2.29.